The first-order valence-electron chi connectivity index (χ1n) is 7.87. The Morgan fingerprint density at radius 1 is 0.879 bits per heavy atom. The molecule has 0 aliphatic rings. The van der Waals surface area contributed by atoms with E-state index in [2.05, 4.69) is 14.9 Å². The van der Waals surface area contributed by atoms with Crippen LogP contribution >= 0.6 is 0 Å². The maximum atomic E-state index is 13.8. The largest absolute Gasteiger partial charge is 0.459 e. The lowest BCUT2D eigenvalue weighted by Gasteiger charge is -2.20. The van der Waals surface area contributed by atoms with Crippen LogP contribution in [-0.2, 0) is 36.4 Å². The Morgan fingerprint density at radius 3 is 1.82 bits per heavy atom. The molecule has 2 aromatic heterocycles. The highest BCUT2D eigenvalue weighted by Crippen LogP contribution is 2.48. The molecule has 0 bridgehead atoms. The van der Waals surface area contributed by atoms with Crippen molar-refractivity contribution in [3.05, 3.63) is 28.7 Å². The predicted molar refractivity (Wildman–Crippen MR) is 76.1 cm³/mol. The molecule has 0 saturated carbocycles. The second-order valence-electron chi connectivity index (χ2n) is 6.18. The highest BCUT2D eigenvalue weighted by molar-refractivity contribution is 5.47. The van der Waals surface area contributed by atoms with Gasteiger partial charge in [0.05, 0.1) is 6.54 Å². The fourth-order valence-electron chi connectivity index (χ4n) is 2.51. The maximum absolute atomic E-state index is 13.8. The molecule has 0 saturated heterocycles. The summed E-state index contributed by atoms with van der Waals surface area (Å²) in [6.45, 7) is -2.41. The van der Waals surface area contributed by atoms with Crippen molar-refractivity contribution in [2.45, 2.75) is 36.9 Å². The van der Waals surface area contributed by atoms with Crippen LogP contribution in [0.15, 0.2) is 6.07 Å². The van der Waals surface area contributed by atoms with Crippen molar-refractivity contribution in [2.75, 3.05) is 0 Å². The Kier molecular flexibility index (Phi) is 6.19. The van der Waals surface area contributed by atoms with E-state index >= 15 is 0 Å². The number of hydrogen-bond acceptors (Lipinski definition) is 4. The first-order chi connectivity index (χ1) is 14.7. The molecule has 33 heavy (non-hydrogen) atoms. The molecule has 0 aliphatic carbocycles. The van der Waals surface area contributed by atoms with Gasteiger partial charge in [0.15, 0.2) is 0 Å². The van der Waals surface area contributed by atoms with E-state index in [0.29, 0.717) is 0 Å². The number of ether oxygens (including phenoxy) is 1. The number of hydrogen-bond donors (Lipinski definition) is 0. The third kappa shape index (κ3) is 4.56. The number of alkyl halides is 13. The zero-order chi connectivity index (χ0) is 25.8. The van der Waals surface area contributed by atoms with E-state index < -0.39 is 82.7 Å². The lowest BCUT2D eigenvalue weighted by molar-refractivity contribution is -0.292. The van der Waals surface area contributed by atoms with Gasteiger partial charge in [-0.15, -0.1) is 0 Å². The molecule has 0 spiro atoms. The van der Waals surface area contributed by atoms with Gasteiger partial charge in [-0.05, 0) is 6.07 Å². The van der Waals surface area contributed by atoms with Crippen LogP contribution in [0.4, 0.5) is 57.1 Å². The molecule has 19 heteroatoms. The third-order valence-corrected chi connectivity index (χ3v) is 3.95. The Morgan fingerprint density at radius 2 is 1.39 bits per heavy atom. The van der Waals surface area contributed by atoms with Crippen molar-refractivity contribution in [2.24, 2.45) is 7.05 Å². The minimum absolute atomic E-state index is 0.197. The summed E-state index contributed by atoms with van der Waals surface area (Å²) in [4.78, 5) is 10.4. The molecule has 2 rings (SSSR count). The smallest absolute Gasteiger partial charge is 0.409 e. The molecule has 0 aliphatic heterocycles. The topological polar surface area (TPSA) is 61.9 Å². The monoisotopic (exact) mass is 510 g/mol. The number of aromatic nitrogens is 4. The van der Waals surface area contributed by atoms with Gasteiger partial charge < -0.3 is 4.74 Å². The summed E-state index contributed by atoms with van der Waals surface area (Å²) >= 11 is 0. The summed E-state index contributed by atoms with van der Waals surface area (Å²) in [5.41, 5.74) is -8.74. The van der Waals surface area contributed by atoms with E-state index in [1.807, 2.05) is 0 Å². The predicted octanol–water partition coefficient (Wildman–Crippen LogP) is 4.53. The summed E-state index contributed by atoms with van der Waals surface area (Å²) in [5, 5.41) is 5.48. The van der Waals surface area contributed by atoms with Gasteiger partial charge in [-0.25, -0.2) is 4.68 Å². The molecule has 0 amide bonds. The number of nitrogens with zero attached hydrogens (tertiary/aromatic N) is 4. The second kappa shape index (κ2) is 7.79. The van der Waals surface area contributed by atoms with E-state index in [4.69, 9.17) is 0 Å². The van der Waals surface area contributed by atoms with E-state index in [9.17, 15) is 61.9 Å². The minimum atomic E-state index is -6.56. The van der Waals surface area contributed by atoms with Gasteiger partial charge in [0, 0.05) is 7.05 Å². The van der Waals surface area contributed by atoms with Crippen LogP contribution < -0.4 is 4.74 Å². The highest BCUT2D eigenvalue weighted by Gasteiger charge is 2.64. The highest BCUT2D eigenvalue weighted by atomic mass is 19.4. The summed E-state index contributed by atoms with van der Waals surface area (Å²) in [7, 11) is 0.717. The average molecular weight is 510 g/mol. The lowest BCUT2D eigenvalue weighted by Crippen LogP contribution is -2.36. The van der Waals surface area contributed by atoms with Gasteiger partial charge >= 0.3 is 30.4 Å². The molecular weight excluding hydrogens is 503 g/mol. The molecular formula is C14H7F13N4O2. The quantitative estimate of drug-likeness (QED) is 0.424. The molecule has 0 radical (unpaired) electrons. The molecule has 2 aromatic rings. The summed E-state index contributed by atoms with van der Waals surface area (Å²) in [6, 6.07) is -0.931. The van der Waals surface area contributed by atoms with E-state index in [1.54, 1.807) is 0 Å². The van der Waals surface area contributed by atoms with Gasteiger partial charge in [-0.2, -0.15) is 67.3 Å². The van der Waals surface area contributed by atoms with Gasteiger partial charge in [-0.1, -0.05) is 0 Å². The van der Waals surface area contributed by atoms with Crippen LogP contribution in [-0.4, -0.2) is 38.4 Å². The number of aryl methyl sites for hydroxylation is 1. The molecule has 186 valence electrons. The molecule has 0 atom stereocenters. The van der Waals surface area contributed by atoms with Crippen molar-refractivity contribution in [3.63, 3.8) is 0 Å². The molecule has 2 heterocycles. The number of carbonyl (C=O) groups excluding carboxylic acids is 1. The fraction of sp³-hybridized carbons (Fsp3) is 0.500. The normalized spacial score (nSPS) is 14.0. The zero-order valence-corrected chi connectivity index (χ0v) is 15.4. The zero-order valence-electron chi connectivity index (χ0n) is 15.4. The molecule has 0 unspecified atom stereocenters. The van der Waals surface area contributed by atoms with E-state index in [0.717, 1.165) is 7.05 Å². The second-order valence-corrected chi connectivity index (χ2v) is 6.18. The Balaban J connectivity index is 2.78. The van der Waals surface area contributed by atoms with Crippen molar-refractivity contribution < 1.29 is 66.6 Å². The van der Waals surface area contributed by atoms with Crippen molar-refractivity contribution >= 4 is 6.47 Å². The molecule has 0 N–H and O–H groups in total. The molecule has 0 fully saturated rings. The van der Waals surface area contributed by atoms with E-state index in [1.165, 1.54) is 0 Å². The third-order valence-electron chi connectivity index (χ3n) is 3.95. The first kappa shape index (κ1) is 26.2. The van der Waals surface area contributed by atoms with Crippen molar-refractivity contribution in [3.8, 4) is 5.88 Å². The maximum Gasteiger partial charge on any atom is 0.459 e. The summed E-state index contributed by atoms with van der Waals surface area (Å²) in [6.07, 6.45) is -18.5. The van der Waals surface area contributed by atoms with Gasteiger partial charge in [-0.3, -0.25) is 9.48 Å². The van der Waals surface area contributed by atoms with Crippen LogP contribution in [0.25, 0.3) is 0 Å². The molecule has 6 nitrogen and oxygen atoms in total. The lowest BCUT2D eigenvalue weighted by atomic mass is 10.1. The van der Waals surface area contributed by atoms with Crippen LogP contribution in [0, 0.1) is 0 Å². The number of rotatable bonds is 6. The Hall–Kier alpha value is -3.02. The van der Waals surface area contributed by atoms with Crippen LogP contribution in [0.2, 0.25) is 0 Å². The molecule has 0 aromatic carbocycles. The summed E-state index contributed by atoms with van der Waals surface area (Å²) in [5.74, 6) is -13.5. The Bertz CT molecular complexity index is 1030. The fourth-order valence-corrected chi connectivity index (χ4v) is 2.51. The van der Waals surface area contributed by atoms with Gasteiger partial charge in [0.25, 0.3) is 6.47 Å². The van der Waals surface area contributed by atoms with Gasteiger partial charge in [0.2, 0.25) is 5.88 Å². The number of carbonyl (C=O) groups is 1. The summed E-state index contributed by atoms with van der Waals surface area (Å²) < 4.78 is 174. The number of halogens is 13. The minimum Gasteiger partial charge on any atom is -0.409 e. The van der Waals surface area contributed by atoms with E-state index in [-0.39, 0.29) is 4.68 Å². The average Bonchev–Trinajstić information content (AvgIpc) is 3.15. The van der Waals surface area contributed by atoms with Crippen molar-refractivity contribution in [1.29, 1.82) is 0 Å². The van der Waals surface area contributed by atoms with Crippen LogP contribution in [0.3, 0.4) is 0 Å². The Labute approximate surface area is 172 Å². The first-order valence-corrected chi connectivity index (χ1v) is 7.87. The van der Waals surface area contributed by atoms with Crippen molar-refractivity contribution in [1.82, 2.24) is 19.6 Å². The SMILES string of the molecule is Cn1nc(Cn2nc(C(F)(F)C(F)(F)F)cc2C(F)(F)C(F)(F)F)c(C(F)(F)F)c1OC=O. The van der Waals surface area contributed by atoms with Gasteiger partial charge in [0.1, 0.15) is 22.6 Å². The van der Waals surface area contributed by atoms with Crippen LogP contribution in [0.5, 0.6) is 5.88 Å². The van der Waals surface area contributed by atoms with Crippen LogP contribution in [0.1, 0.15) is 22.6 Å². The standard InChI is InChI=1S/C14H7F13N4O2/c1-30-9(33-4-32)8(12(19,20)21)5(28-30)3-31-7(11(17,18)14(25,26)27)2-6(29-31)10(15,16)13(22,23)24/h2,4H,3H2,1H3.